The van der Waals surface area contributed by atoms with Gasteiger partial charge in [0.05, 0.1) is 0 Å². The maximum absolute atomic E-state index is 5.21. The van der Waals surface area contributed by atoms with Crippen LogP contribution in [0.15, 0.2) is 0 Å². The Morgan fingerprint density at radius 1 is 0.950 bits per heavy atom. The molecule has 118 valence electrons. The Bertz CT molecular complexity index is 259. The first-order valence-electron chi connectivity index (χ1n) is 7.05. The first-order valence-corrected chi connectivity index (χ1v) is 10.1. The second-order valence-corrected chi connectivity index (χ2v) is 11.8. The molecule has 1 nitrogen and oxygen atoms in total. The van der Waals surface area contributed by atoms with E-state index in [0.29, 0.717) is 0 Å². The number of rotatable bonds is 2. The van der Waals surface area contributed by atoms with Crippen molar-refractivity contribution in [3.63, 3.8) is 0 Å². The van der Waals surface area contributed by atoms with Crippen LogP contribution in [0.25, 0.3) is 4.98 Å². The molecule has 0 heterocycles. The second kappa shape index (κ2) is 8.50. The Labute approximate surface area is 146 Å². The standard InChI is InChI=1S/C15H31NSi.2CH3.Ti/c1-10-11(2)13(4)14(12(10)3)17(8,9)16-15(5,6)7;;;/h10-12,14H,1-9H3;2*1H3;/q-2;2*-1;+4/t10-,11?,12-,14?;;;/m0.../s1. The van der Waals surface area contributed by atoms with Crippen molar-refractivity contribution in [3.05, 3.63) is 25.8 Å². The molecule has 2 unspecified atom stereocenters. The monoisotopic (exact) mass is 331 g/mol. The molecule has 1 rings (SSSR count). The smallest absolute Gasteiger partial charge is 0.661 e. The summed E-state index contributed by atoms with van der Waals surface area (Å²) in [6.07, 6.45) is 0. The van der Waals surface area contributed by atoms with Gasteiger partial charge in [-0.25, -0.2) is 0 Å². The first kappa shape index (κ1) is 25.8. The minimum atomic E-state index is -1.53. The number of hydrogen-bond donors (Lipinski definition) is 0. The molecule has 1 saturated carbocycles. The van der Waals surface area contributed by atoms with E-state index in [2.05, 4.69) is 61.6 Å². The van der Waals surface area contributed by atoms with Gasteiger partial charge in [-0.3, -0.25) is 0 Å². The van der Waals surface area contributed by atoms with Crippen LogP contribution < -0.4 is 0 Å². The summed E-state index contributed by atoms with van der Waals surface area (Å²) in [5.41, 5.74) is 0.886. The molecule has 0 aromatic rings. The Kier molecular flexibility index (Phi) is 11.0. The van der Waals surface area contributed by atoms with Gasteiger partial charge in [-0.2, -0.15) is 18.4 Å². The van der Waals surface area contributed by atoms with Crippen LogP contribution in [0.1, 0.15) is 48.5 Å². The van der Waals surface area contributed by atoms with Crippen molar-refractivity contribution in [1.82, 2.24) is 0 Å². The molecule has 0 saturated heterocycles. The van der Waals surface area contributed by atoms with E-state index in [1.807, 2.05) is 0 Å². The molecule has 0 spiro atoms. The van der Waals surface area contributed by atoms with E-state index >= 15 is 0 Å². The van der Waals surface area contributed by atoms with Gasteiger partial charge in [-0.1, -0.05) is 74.7 Å². The Hall–Kier alpha value is 0.891. The SMILES string of the molecule is C[C-]1C(C)[C@H](C)[C@H](C)C1[Si](C)(C)[N-]C(C)(C)C.[CH3-].[CH3-].[Ti+4]. The summed E-state index contributed by atoms with van der Waals surface area (Å²) in [5, 5.41) is 0. The average molecular weight is 331 g/mol. The molecular weight excluding hydrogens is 294 g/mol. The summed E-state index contributed by atoms with van der Waals surface area (Å²) >= 11 is 0. The molecule has 0 N–H and O–H groups in total. The quantitative estimate of drug-likeness (QED) is 0.426. The van der Waals surface area contributed by atoms with E-state index < -0.39 is 8.24 Å². The van der Waals surface area contributed by atoms with Crippen molar-refractivity contribution >= 4 is 8.24 Å². The Morgan fingerprint density at radius 3 is 1.60 bits per heavy atom. The molecule has 0 radical (unpaired) electrons. The van der Waals surface area contributed by atoms with Crippen LogP contribution in [-0.4, -0.2) is 13.8 Å². The molecular formula is C17H37NSiTi. The van der Waals surface area contributed by atoms with E-state index in [1.165, 1.54) is 0 Å². The minimum absolute atomic E-state index is 0. The van der Waals surface area contributed by atoms with Crippen LogP contribution in [0.3, 0.4) is 0 Å². The molecule has 0 aromatic heterocycles. The van der Waals surface area contributed by atoms with Crippen molar-refractivity contribution in [2.45, 2.75) is 72.6 Å². The summed E-state index contributed by atoms with van der Waals surface area (Å²) in [6.45, 7) is 21.3. The molecule has 1 fully saturated rings. The summed E-state index contributed by atoms with van der Waals surface area (Å²) < 4.78 is 0. The van der Waals surface area contributed by atoms with Gasteiger partial charge >= 0.3 is 21.7 Å². The van der Waals surface area contributed by atoms with Gasteiger partial charge in [0.2, 0.25) is 0 Å². The van der Waals surface area contributed by atoms with E-state index in [1.54, 1.807) is 5.92 Å². The molecule has 0 bridgehead atoms. The average Bonchev–Trinajstić information content (AvgIpc) is 2.27. The van der Waals surface area contributed by atoms with Crippen molar-refractivity contribution in [2.24, 2.45) is 17.8 Å². The maximum Gasteiger partial charge on any atom is 4.00 e. The third kappa shape index (κ3) is 5.59. The van der Waals surface area contributed by atoms with E-state index in [-0.39, 0.29) is 42.1 Å². The zero-order chi connectivity index (χ0) is 13.6. The second-order valence-electron chi connectivity index (χ2n) is 7.66. The largest absolute Gasteiger partial charge is 4.00 e. The van der Waals surface area contributed by atoms with Gasteiger partial charge in [0.15, 0.2) is 0 Å². The van der Waals surface area contributed by atoms with Gasteiger partial charge in [0.1, 0.15) is 0 Å². The minimum Gasteiger partial charge on any atom is -0.661 e. The van der Waals surface area contributed by atoms with Crippen LogP contribution in [0, 0.1) is 38.5 Å². The van der Waals surface area contributed by atoms with E-state index in [4.69, 9.17) is 4.98 Å². The summed E-state index contributed by atoms with van der Waals surface area (Å²) in [6, 6.07) is 0. The van der Waals surface area contributed by atoms with E-state index in [9.17, 15) is 0 Å². The van der Waals surface area contributed by atoms with Crippen molar-refractivity contribution < 1.29 is 21.7 Å². The molecule has 4 atom stereocenters. The molecule has 0 aliphatic heterocycles. The van der Waals surface area contributed by atoms with Crippen LogP contribution in [0.5, 0.6) is 0 Å². The molecule has 1 aliphatic carbocycles. The molecule has 1 aliphatic rings. The van der Waals surface area contributed by atoms with Crippen LogP contribution >= 0.6 is 0 Å². The molecule has 0 aromatic carbocycles. The van der Waals surface area contributed by atoms with E-state index in [0.717, 1.165) is 23.3 Å². The number of hydrogen-bond acceptors (Lipinski definition) is 0. The molecule has 20 heavy (non-hydrogen) atoms. The van der Waals surface area contributed by atoms with Crippen molar-refractivity contribution in [3.8, 4) is 0 Å². The molecule has 3 heteroatoms. The van der Waals surface area contributed by atoms with Gasteiger partial charge in [-0.05, 0) is 0 Å². The first-order chi connectivity index (χ1) is 7.47. The zero-order valence-electron chi connectivity index (χ0n) is 15.8. The van der Waals surface area contributed by atoms with Gasteiger partial charge in [0, 0.05) is 0 Å². The zero-order valence-corrected chi connectivity index (χ0v) is 18.3. The van der Waals surface area contributed by atoms with Gasteiger partial charge < -0.3 is 25.8 Å². The fourth-order valence-corrected chi connectivity index (χ4v) is 8.84. The van der Waals surface area contributed by atoms with Crippen LogP contribution in [-0.2, 0) is 21.7 Å². The van der Waals surface area contributed by atoms with Gasteiger partial charge in [-0.15, -0.1) is 5.54 Å². The Morgan fingerprint density at radius 2 is 1.35 bits per heavy atom. The predicted molar refractivity (Wildman–Crippen MR) is 93.6 cm³/mol. The fourth-order valence-electron chi connectivity index (χ4n) is 4.01. The summed E-state index contributed by atoms with van der Waals surface area (Å²) in [5.74, 6) is 4.12. The topological polar surface area (TPSA) is 14.1 Å². The molecule has 0 amide bonds. The number of nitrogens with zero attached hydrogens (tertiary/aromatic N) is 1. The Balaban J connectivity index is -0.000000963. The normalized spacial score (nSPS) is 31.1. The van der Waals surface area contributed by atoms with Crippen LogP contribution in [0.2, 0.25) is 18.6 Å². The maximum atomic E-state index is 5.21. The summed E-state index contributed by atoms with van der Waals surface area (Å²) in [7, 11) is -1.53. The summed E-state index contributed by atoms with van der Waals surface area (Å²) in [4.78, 5) is 5.21. The third-order valence-electron chi connectivity index (χ3n) is 4.74. The predicted octanol–water partition coefficient (Wildman–Crippen LogP) is 6.15. The third-order valence-corrected chi connectivity index (χ3v) is 8.49. The van der Waals surface area contributed by atoms with Crippen LogP contribution in [0.4, 0.5) is 0 Å². The van der Waals surface area contributed by atoms with Crippen molar-refractivity contribution in [1.29, 1.82) is 0 Å². The fraction of sp³-hybridized carbons (Fsp3) is 0.824. The van der Waals surface area contributed by atoms with Crippen molar-refractivity contribution in [2.75, 3.05) is 0 Å². The van der Waals surface area contributed by atoms with Gasteiger partial charge in [0.25, 0.3) is 0 Å².